The van der Waals surface area contributed by atoms with Crippen molar-refractivity contribution in [2.24, 2.45) is 0 Å². The molecule has 4 rings (SSSR count). The average molecular weight is 443 g/mol. The summed E-state index contributed by atoms with van der Waals surface area (Å²) in [7, 11) is -3.36. The lowest BCUT2D eigenvalue weighted by atomic mass is 10.0. The second-order valence-corrected chi connectivity index (χ2v) is 9.45. The van der Waals surface area contributed by atoms with Gasteiger partial charge >= 0.3 is 0 Å². The monoisotopic (exact) mass is 442 g/mol. The highest BCUT2D eigenvalue weighted by Crippen LogP contribution is 2.42. The van der Waals surface area contributed by atoms with Crippen LogP contribution in [0.3, 0.4) is 0 Å². The van der Waals surface area contributed by atoms with Gasteiger partial charge in [0.1, 0.15) is 17.6 Å². The lowest BCUT2D eigenvalue weighted by Gasteiger charge is -2.26. The van der Waals surface area contributed by atoms with Crippen molar-refractivity contribution < 1.29 is 12.8 Å². The molecule has 0 bridgehead atoms. The number of nitrogens with one attached hydrogen (secondary N) is 2. The predicted octanol–water partition coefficient (Wildman–Crippen LogP) is 3.84. The van der Waals surface area contributed by atoms with Gasteiger partial charge in [0.25, 0.3) is 0 Å². The van der Waals surface area contributed by atoms with Crippen LogP contribution in [0.15, 0.2) is 59.1 Å². The fourth-order valence-electron chi connectivity index (χ4n) is 3.65. The first-order valence-corrected chi connectivity index (χ1v) is 11.7. The SMILES string of the molecule is Cc1ccc(C2C(c3ccccn3)NC(=S)N2c2ccc(NS(C)(=O)=O)c(C)c2)o1. The summed E-state index contributed by atoms with van der Waals surface area (Å²) in [6, 6.07) is 14.7. The molecule has 1 saturated heterocycles. The van der Waals surface area contributed by atoms with Gasteiger partial charge in [0.05, 0.1) is 23.7 Å². The van der Waals surface area contributed by atoms with Crippen molar-refractivity contribution in [1.29, 1.82) is 0 Å². The maximum absolute atomic E-state index is 11.6. The highest BCUT2D eigenvalue weighted by atomic mass is 32.2. The Bertz CT molecular complexity index is 1190. The van der Waals surface area contributed by atoms with Crippen LogP contribution in [0, 0.1) is 13.8 Å². The third-order valence-electron chi connectivity index (χ3n) is 4.93. The number of nitrogens with zero attached hydrogens (tertiary/aromatic N) is 2. The molecule has 156 valence electrons. The van der Waals surface area contributed by atoms with Crippen molar-refractivity contribution in [2.75, 3.05) is 15.9 Å². The van der Waals surface area contributed by atoms with Crippen molar-refractivity contribution in [3.05, 3.63) is 77.5 Å². The van der Waals surface area contributed by atoms with Gasteiger partial charge in [0.2, 0.25) is 10.0 Å². The van der Waals surface area contributed by atoms with E-state index in [4.69, 9.17) is 16.6 Å². The Labute approximate surface area is 181 Å². The smallest absolute Gasteiger partial charge is 0.229 e. The molecule has 9 heteroatoms. The van der Waals surface area contributed by atoms with E-state index in [1.54, 1.807) is 12.3 Å². The van der Waals surface area contributed by atoms with Crippen LogP contribution in [-0.2, 0) is 10.0 Å². The zero-order valence-corrected chi connectivity index (χ0v) is 18.4. The first kappa shape index (κ1) is 20.4. The van der Waals surface area contributed by atoms with Gasteiger partial charge in [-0.05, 0) is 74.1 Å². The number of pyridine rings is 1. The molecule has 2 aromatic heterocycles. The Hall–Kier alpha value is -2.91. The molecule has 0 aliphatic carbocycles. The molecule has 1 aromatic carbocycles. The zero-order valence-electron chi connectivity index (χ0n) is 16.8. The average Bonchev–Trinajstić information content (AvgIpc) is 3.26. The van der Waals surface area contributed by atoms with Crippen LogP contribution >= 0.6 is 12.2 Å². The van der Waals surface area contributed by atoms with Crippen molar-refractivity contribution in [2.45, 2.75) is 25.9 Å². The number of anilines is 2. The number of aryl methyl sites for hydroxylation is 2. The van der Waals surface area contributed by atoms with E-state index >= 15 is 0 Å². The van der Waals surface area contributed by atoms with Crippen LogP contribution in [0.5, 0.6) is 0 Å². The van der Waals surface area contributed by atoms with Crippen LogP contribution in [-0.4, -0.2) is 24.8 Å². The number of furan rings is 1. The van der Waals surface area contributed by atoms with E-state index in [1.807, 2.05) is 61.2 Å². The van der Waals surface area contributed by atoms with Crippen molar-refractivity contribution >= 4 is 38.7 Å². The quantitative estimate of drug-likeness (QED) is 0.581. The third-order valence-corrected chi connectivity index (χ3v) is 5.84. The van der Waals surface area contributed by atoms with Gasteiger partial charge in [-0.1, -0.05) is 6.07 Å². The Morgan fingerprint density at radius 1 is 1.17 bits per heavy atom. The predicted molar refractivity (Wildman–Crippen MR) is 121 cm³/mol. The maximum atomic E-state index is 11.6. The van der Waals surface area contributed by atoms with E-state index in [-0.39, 0.29) is 12.1 Å². The molecule has 1 aliphatic rings. The van der Waals surface area contributed by atoms with E-state index in [0.29, 0.717) is 10.8 Å². The van der Waals surface area contributed by atoms with Crippen molar-refractivity contribution in [3.63, 3.8) is 0 Å². The van der Waals surface area contributed by atoms with Gasteiger partial charge in [0.15, 0.2) is 5.11 Å². The molecule has 0 radical (unpaired) electrons. The second kappa shape index (κ2) is 7.73. The zero-order chi connectivity index (χ0) is 21.5. The van der Waals surface area contributed by atoms with Gasteiger partial charge in [-0.25, -0.2) is 8.42 Å². The van der Waals surface area contributed by atoms with Gasteiger partial charge in [-0.2, -0.15) is 0 Å². The van der Waals surface area contributed by atoms with Crippen molar-refractivity contribution in [1.82, 2.24) is 10.3 Å². The van der Waals surface area contributed by atoms with Gasteiger partial charge < -0.3 is 14.6 Å². The Kier molecular flexibility index (Phi) is 5.25. The van der Waals surface area contributed by atoms with Crippen LogP contribution in [0.25, 0.3) is 0 Å². The number of hydrogen-bond acceptors (Lipinski definition) is 5. The summed E-state index contributed by atoms with van der Waals surface area (Å²) in [5, 5.41) is 3.92. The summed E-state index contributed by atoms with van der Waals surface area (Å²) in [4.78, 5) is 6.50. The normalized spacial score (nSPS) is 19.0. The minimum absolute atomic E-state index is 0.196. The van der Waals surface area contributed by atoms with Crippen LogP contribution in [0.1, 0.15) is 34.9 Å². The van der Waals surface area contributed by atoms with Crippen LogP contribution in [0.2, 0.25) is 0 Å². The summed E-state index contributed by atoms with van der Waals surface area (Å²) >= 11 is 5.68. The minimum atomic E-state index is -3.36. The Morgan fingerprint density at radius 3 is 2.57 bits per heavy atom. The molecule has 3 heterocycles. The summed E-state index contributed by atoms with van der Waals surface area (Å²) in [6.45, 7) is 3.76. The third kappa shape index (κ3) is 4.03. The first-order chi connectivity index (χ1) is 14.2. The van der Waals surface area contributed by atoms with Crippen molar-refractivity contribution in [3.8, 4) is 0 Å². The molecule has 0 saturated carbocycles. The summed E-state index contributed by atoms with van der Waals surface area (Å²) in [5.41, 5.74) is 3.01. The molecule has 0 spiro atoms. The second-order valence-electron chi connectivity index (χ2n) is 7.32. The molecule has 2 unspecified atom stereocenters. The number of sulfonamides is 1. The summed E-state index contributed by atoms with van der Waals surface area (Å²) in [5.74, 6) is 1.58. The number of rotatable bonds is 5. The first-order valence-electron chi connectivity index (χ1n) is 9.38. The van der Waals surface area contributed by atoms with Crippen LogP contribution in [0.4, 0.5) is 11.4 Å². The highest BCUT2D eigenvalue weighted by Gasteiger charge is 2.42. The molecule has 30 heavy (non-hydrogen) atoms. The lowest BCUT2D eigenvalue weighted by molar-refractivity contribution is 0.418. The number of thiocarbonyl (C=S) groups is 1. The van der Waals surface area contributed by atoms with Gasteiger partial charge in [0, 0.05) is 11.9 Å². The number of hydrogen-bond donors (Lipinski definition) is 2. The maximum Gasteiger partial charge on any atom is 0.229 e. The molecule has 1 fully saturated rings. The fraction of sp³-hybridized carbons (Fsp3) is 0.238. The molecule has 7 nitrogen and oxygen atoms in total. The molecule has 0 amide bonds. The molecular formula is C21H22N4O3S2. The molecule has 2 N–H and O–H groups in total. The lowest BCUT2D eigenvalue weighted by Crippen LogP contribution is -2.29. The highest BCUT2D eigenvalue weighted by molar-refractivity contribution is 7.92. The van der Waals surface area contributed by atoms with E-state index in [9.17, 15) is 8.42 Å². The molecule has 1 aliphatic heterocycles. The van der Waals surface area contributed by atoms with Gasteiger partial charge in [-0.3, -0.25) is 9.71 Å². The number of benzene rings is 1. The molecular weight excluding hydrogens is 420 g/mol. The standard InChI is InChI=1S/C21H22N4O3S2/c1-13-12-15(8-9-16(13)24-30(3,26)27)25-20(18-10-7-14(2)28-18)19(23-21(25)29)17-6-4-5-11-22-17/h4-12,19-20,24H,1-3H3,(H,23,29). The summed E-state index contributed by atoms with van der Waals surface area (Å²) < 4.78 is 31.7. The van der Waals surface area contributed by atoms with E-state index in [2.05, 4.69) is 15.0 Å². The van der Waals surface area contributed by atoms with E-state index < -0.39 is 10.0 Å². The van der Waals surface area contributed by atoms with Gasteiger partial charge in [-0.15, -0.1) is 0 Å². The Balaban J connectivity index is 1.77. The van der Waals surface area contributed by atoms with E-state index in [1.165, 1.54) is 0 Å². The minimum Gasteiger partial charge on any atom is -0.464 e. The van der Waals surface area contributed by atoms with Crippen LogP contribution < -0.4 is 14.9 Å². The topological polar surface area (TPSA) is 87.5 Å². The molecule has 3 aromatic rings. The Morgan fingerprint density at radius 2 is 1.97 bits per heavy atom. The summed E-state index contributed by atoms with van der Waals surface area (Å²) in [6.07, 6.45) is 2.88. The van der Waals surface area contributed by atoms with E-state index in [0.717, 1.165) is 34.7 Å². The molecule has 2 atom stereocenters. The fourth-order valence-corrected chi connectivity index (χ4v) is 4.62. The number of aromatic nitrogens is 1. The largest absolute Gasteiger partial charge is 0.464 e.